The molecule has 4 rings (SSSR count). The molecule has 5 nitrogen and oxygen atoms in total. The third-order valence-electron chi connectivity index (χ3n) is 5.19. The van der Waals surface area contributed by atoms with Crippen molar-refractivity contribution in [2.24, 2.45) is 0 Å². The van der Waals surface area contributed by atoms with E-state index in [9.17, 15) is 5.26 Å². The van der Waals surface area contributed by atoms with Crippen LogP contribution in [0.5, 0.6) is 0 Å². The average Bonchev–Trinajstić information content (AvgIpc) is 2.55. The van der Waals surface area contributed by atoms with Crippen molar-refractivity contribution >= 4 is 21.9 Å². The van der Waals surface area contributed by atoms with Crippen LogP contribution < -0.4 is 5.49 Å². The predicted molar refractivity (Wildman–Crippen MR) is 93.8 cm³/mol. The molecule has 1 fully saturated rings. The molecule has 3 aromatic heterocycles. The summed E-state index contributed by atoms with van der Waals surface area (Å²) < 4.78 is 2.30. The molecule has 0 spiro atoms. The van der Waals surface area contributed by atoms with E-state index in [0.717, 1.165) is 40.5 Å². The summed E-state index contributed by atoms with van der Waals surface area (Å²) in [5, 5.41) is 19.8. The number of aryl methyl sites for hydroxylation is 2. The van der Waals surface area contributed by atoms with Gasteiger partial charge in [-0.05, 0) is 44.2 Å². The monoisotopic (exact) mass is 319 g/mol. The van der Waals surface area contributed by atoms with E-state index in [1.165, 1.54) is 25.0 Å². The fraction of sp³-hybridized carbons (Fsp3) is 0.421. The topological polar surface area (TPSA) is 81.2 Å². The van der Waals surface area contributed by atoms with Crippen molar-refractivity contribution < 1.29 is 0 Å². The number of nitriles is 1. The first-order chi connectivity index (χ1) is 11.6. The van der Waals surface area contributed by atoms with Crippen LogP contribution in [0.1, 0.15) is 55.1 Å². The maximum absolute atomic E-state index is 9.49. The van der Waals surface area contributed by atoms with Crippen molar-refractivity contribution in [1.82, 2.24) is 14.5 Å². The van der Waals surface area contributed by atoms with Gasteiger partial charge in [0, 0.05) is 22.8 Å². The van der Waals surface area contributed by atoms with E-state index in [-0.39, 0.29) is 5.49 Å². The molecule has 1 aliphatic carbocycles. The second-order valence-corrected chi connectivity index (χ2v) is 6.88. The number of hydrogen-bond donors (Lipinski definition) is 2. The fourth-order valence-electron chi connectivity index (χ4n) is 4.17. The molecule has 24 heavy (non-hydrogen) atoms. The first kappa shape index (κ1) is 14.9. The van der Waals surface area contributed by atoms with E-state index in [1.807, 2.05) is 6.92 Å². The van der Waals surface area contributed by atoms with Gasteiger partial charge in [-0.15, -0.1) is 0 Å². The third kappa shape index (κ3) is 2.14. The number of hydrogen-bond acceptors (Lipinski definition) is 3. The second kappa shape index (κ2) is 5.48. The maximum atomic E-state index is 9.49. The van der Waals surface area contributed by atoms with Gasteiger partial charge in [0.2, 0.25) is 0 Å². The largest absolute Gasteiger partial charge is 0.357 e. The van der Waals surface area contributed by atoms with E-state index in [4.69, 9.17) is 5.41 Å². The van der Waals surface area contributed by atoms with Crippen molar-refractivity contribution in [3.8, 4) is 6.07 Å². The molecule has 1 aliphatic rings. The number of rotatable bonds is 1. The number of H-pyrrole nitrogens is 1. The highest BCUT2D eigenvalue weighted by Crippen LogP contribution is 2.34. The van der Waals surface area contributed by atoms with Gasteiger partial charge in [-0.2, -0.15) is 5.26 Å². The van der Waals surface area contributed by atoms with E-state index in [2.05, 4.69) is 39.7 Å². The predicted octanol–water partition coefficient (Wildman–Crippen LogP) is 3.99. The minimum absolute atomic E-state index is 0.0586. The standard InChI is InChI=1S/C19H21N5/c1-11-8-13-9-12(2)24(14-6-4-3-5-7-14)19-16(13)17(22-11)15(10-20)18(21)23-19/h8-9,14,21-22H,3-7H2,1-2H3. The van der Waals surface area contributed by atoms with Crippen molar-refractivity contribution in [3.63, 3.8) is 0 Å². The smallest absolute Gasteiger partial charge is 0.167 e. The quantitative estimate of drug-likeness (QED) is 0.711. The van der Waals surface area contributed by atoms with Gasteiger partial charge in [0.25, 0.3) is 0 Å². The van der Waals surface area contributed by atoms with Gasteiger partial charge < -0.3 is 9.55 Å². The zero-order valence-electron chi connectivity index (χ0n) is 14.1. The summed E-state index contributed by atoms with van der Waals surface area (Å²) in [5.41, 5.74) is 4.14. The first-order valence-electron chi connectivity index (χ1n) is 8.60. The molecule has 122 valence electrons. The summed E-state index contributed by atoms with van der Waals surface area (Å²) >= 11 is 0. The number of aromatic amines is 1. The Balaban J connectivity index is 2.16. The Bertz CT molecular complexity index is 1040. The van der Waals surface area contributed by atoms with Gasteiger partial charge in [0.15, 0.2) is 5.49 Å². The molecular weight excluding hydrogens is 298 g/mol. The van der Waals surface area contributed by atoms with E-state index in [1.54, 1.807) is 0 Å². The third-order valence-corrected chi connectivity index (χ3v) is 5.19. The normalized spacial score (nSPS) is 15.9. The van der Waals surface area contributed by atoms with Gasteiger partial charge in [-0.1, -0.05) is 19.3 Å². The lowest BCUT2D eigenvalue weighted by molar-refractivity contribution is 0.354. The Morgan fingerprint density at radius 2 is 2.00 bits per heavy atom. The average molecular weight is 319 g/mol. The van der Waals surface area contributed by atoms with Crippen molar-refractivity contribution in [2.45, 2.75) is 52.0 Å². The number of pyridine rings is 3. The van der Waals surface area contributed by atoms with E-state index in [0.29, 0.717) is 11.6 Å². The summed E-state index contributed by atoms with van der Waals surface area (Å²) in [7, 11) is 0. The molecule has 0 amide bonds. The Hall–Kier alpha value is -2.61. The Labute approximate surface area is 140 Å². The highest BCUT2D eigenvalue weighted by Gasteiger charge is 2.21. The Kier molecular flexibility index (Phi) is 3.42. The summed E-state index contributed by atoms with van der Waals surface area (Å²) in [6.07, 6.45) is 6.11. The number of nitrogens with zero attached hydrogens (tertiary/aromatic N) is 3. The summed E-state index contributed by atoms with van der Waals surface area (Å²) in [4.78, 5) is 7.85. The van der Waals surface area contributed by atoms with Crippen LogP contribution in [0.2, 0.25) is 0 Å². The van der Waals surface area contributed by atoms with Gasteiger partial charge in [-0.3, -0.25) is 5.41 Å². The molecule has 3 heterocycles. The maximum Gasteiger partial charge on any atom is 0.167 e. The molecule has 0 radical (unpaired) electrons. The Morgan fingerprint density at radius 3 is 2.71 bits per heavy atom. The minimum atomic E-state index is 0.0586. The lowest BCUT2D eigenvalue weighted by Gasteiger charge is -2.28. The highest BCUT2D eigenvalue weighted by molar-refractivity contribution is 6.07. The Morgan fingerprint density at radius 1 is 1.25 bits per heavy atom. The van der Waals surface area contributed by atoms with Gasteiger partial charge >= 0.3 is 0 Å². The highest BCUT2D eigenvalue weighted by atomic mass is 15.1. The van der Waals surface area contributed by atoms with Gasteiger partial charge in [-0.25, -0.2) is 4.98 Å². The zero-order chi connectivity index (χ0) is 16.8. The zero-order valence-corrected chi connectivity index (χ0v) is 14.1. The van der Waals surface area contributed by atoms with Crippen LogP contribution in [0.15, 0.2) is 12.1 Å². The van der Waals surface area contributed by atoms with E-state index < -0.39 is 0 Å². The molecule has 5 heteroatoms. The molecule has 0 saturated heterocycles. The molecule has 1 saturated carbocycles. The minimum Gasteiger partial charge on any atom is -0.357 e. The molecule has 2 N–H and O–H groups in total. The van der Waals surface area contributed by atoms with Crippen LogP contribution in [0.4, 0.5) is 0 Å². The molecule has 0 bridgehead atoms. The van der Waals surface area contributed by atoms with Crippen LogP contribution in [-0.4, -0.2) is 14.5 Å². The molecule has 0 atom stereocenters. The lowest BCUT2D eigenvalue weighted by Crippen LogP contribution is -2.21. The van der Waals surface area contributed by atoms with Crippen molar-refractivity contribution in [3.05, 3.63) is 34.6 Å². The van der Waals surface area contributed by atoms with Gasteiger partial charge in [0.05, 0.1) is 5.52 Å². The molecule has 0 aromatic carbocycles. The number of aromatic nitrogens is 3. The van der Waals surface area contributed by atoms with Crippen LogP contribution in [0, 0.1) is 30.6 Å². The van der Waals surface area contributed by atoms with Crippen LogP contribution in [-0.2, 0) is 0 Å². The molecule has 0 aliphatic heterocycles. The van der Waals surface area contributed by atoms with Crippen LogP contribution >= 0.6 is 0 Å². The molecule has 3 aromatic rings. The second-order valence-electron chi connectivity index (χ2n) is 6.88. The molecular formula is C19H21N5. The van der Waals surface area contributed by atoms with E-state index >= 15 is 0 Å². The van der Waals surface area contributed by atoms with Crippen molar-refractivity contribution in [1.29, 1.82) is 10.7 Å². The van der Waals surface area contributed by atoms with Crippen LogP contribution in [0.3, 0.4) is 0 Å². The summed E-state index contributed by atoms with van der Waals surface area (Å²) in [6, 6.07) is 6.88. The fourth-order valence-corrected chi connectivity index (χ4v) is 4.17. The number of nitrogens with one attached hydrogen (secondary N) is 2. The summed E-state index contributed by atoms with van der Waals surface area (Å²) in [5.74, 6) is 0. The van der Waals surface area contributed by atoms with Crippen molar-refractivity contribution in [2.75, 3.05) is 0 Å². The SMILES string of the molecule is Cc1cc2cc(C)n(C3CCCCC3)c3nc(=N)c(C#N)c([nH]1)c23. The van der Waals surface area contributed by atoms with Crippen LogP contribution in [0.25, 0.3) is 21.9 Å². The van der Waals surface area contributed by atoms with Gasteiger partial charge in [0.1, 0.15) is 17.3 Å². The molecule has 0 unspecified atom stereocenters. The summed E-state index contributed by atoms with van der Waals surface area (Å²) in [6.45, 7) is 4.11. The first-order valence-corrected chi connectivity index (χ1v) is 8.60. The lowest BCUT2D eigenvalue weighted by atomic mass is 9.94.